The summed E-state index contributed by atoms with van der Waals surface area (Å²) in [6.45, 7) is 0.427. The molecule has 2 saturated heterocycles. The Hall–Kier alpha value is -3.20. The summed E-state index contributed by atoms with van der Waals surface area (Å²) in [4.78, 5) is 58.5. The average molecular weight is 635 g/mol. The first-order valence-corrected chi connectivity index (χ1v) is 16.0. The summed E-state index contributed by atoms with van der Waals surface area (Å²) in [5.74, 6) is 1.34. The quantitative estimate of drug-likeness (QED) is 0.498. The third kappa shape index (κ3) is 4.83. The standard InChI is InChI=1S/C33H36BrN3O5/c34-24-3-1-2-23(14-24)30(40)35-26(13-19-4-6-25(38)7-5-19)31(41)36-9-8-27-29(36)28(39)18-37(27)32(42)33-15-20-10-21(16-33)12-22(11-20)17-33/h1-7,14,20-22,26-27,29,38H,8-13,15-18H2,(H,35,40)/t20?,21?,22?,26?,27-,29+,33?/m1/s1. The Bertz CT molecular complexity index is 1410. The molecule has 4 aliphatic carbocycles. The number of fused-ring (bicyclic) bond motifs is 1. The molecule has 220 valence electrons. The van der Waals surface area contributed by atoms with Gasteiger partial charge in [-0.3, -0.25) is 19.2 Å². The van der Waals surface area contributed by atoms with Gasteiger partial charge in [-0.25, -0.2) is 0 Å². The van der Waals surface area contributed by atoms with Crippen LogP contribution in [0.5, 0.6) is 5.75 Å². The molecular formula is C33H36BrN3O5. The maximum Gasteiger partial charge on any atom is 0.251 e. The lowest BCUT2D eigenvalue weighted by Gasteiger charge is -2.56. The van der Waals surface area contributed by atoms with E-state index in [0.29, 0.717) is 36.3 Å². The number of hydrogen-bond donors (Lipinski definition) is 2. The van der Waals surface area contributed by atoms with E-state index in [0.717, 1.165) is 29.3 Å². The second-order valence-electron chi connectivity index (χ2n) is 13.3. The van der Waals surface area contributed by atoms with Crippen molar-refractivity contribution in [3.8, 4) is 5.75 Å². The second-order valence-corrected chi connectivity index (χ2v) is 14.3. The van der Waals surface area contributed by atoms with Gasteiger partial charge >= 0.3 is 0 Å². The predicted molar refractivity (Wildman–Crippen MR) is 158 cm³/mol. The summed E-state index contributed by atoms with van der Waals surface area (Å²) in [5.41, 5.74) is 0.852. The van der Waals surface area contributed by atoms with E-state index in [2.05, 4.69) is 21.2 Å². The molecule has 2 aliphatic heterocycles. The number of phenols is 1. The Balaban J connectivity index is 1.12. The van der Waals surface area contributed by atoms with E-state index in [4.69, 9.17) is 0 Å². The first-order valence-electron chi connectivity index (χ1n) is 15.2. The summed E-state index contributed by atoms with van der Waals surface area (Å²) in [6.07, 6.45) is 7.33. The average Bonchev–Trinajstić information content (AvgIpc) is 3.53. The Morgan fingerprint density at radius 2 is 1.64 bits per heavy atom. The van der Waals surface area contributed by atoms with Crippen LogP contribution in [0.25, 0.3) is 0 Å². The molecule has 9 heteroatoms. The molecule has 3 atom stereocenters. The molecule has 2 heterocycles. The van der Waals surface area contributed by atoms with Crippen LogP contribution in [-0.4, -0.2) is 69.6 Å². The fourth-order valence-corrected chi connectivity index (χ4v) is 9.55. The molecule has 42 heavy (non-hydrogen) atoms. The minimum absolute atomic E-state index is 0.0622. The van der Waals surface area contributed by atoms with Gasteiger partial charge in [0.15, 0.2) is 5.78 Å². The number of phenolic OH excluding ortho intramolecular Hbond substituents is 1. The van der Waals surface area contributed by atoms with Crippen molar-refractivity contribution in [2.45, 2.75) is 69.5 Å². The maximum atomic E-state index is 14.2. The molecule has 0 aromatic heterocycles. The van der Waals surface area contributed by atoms with Crippen molar-refractivity contribution in [2.24, 2.45) is 23.2 Å². The Labute approximate surface area is 254 Å². The molecule has 2 N–H and O–H groups in total. The van der Waals surface area contributed by atoms with Crippen LogP contribution in [0, 0.1) is 23.2 Å². The van der Waals surface area contributed by atoms with E-state index in [-0.39, 0.29) is 53.7 Å². The fraction of sp³-hybridized carbons (Fsp3) is 0.515. The number of nitrogens with zero attached hydrogens (tertiary/aromatic N) is 2. The van der Waals surface area contributed by atoms with E-state index in [1.807, 2.05) is 11.0 Å². The van der Waals surface area contributed by atoms with Gasteiger partial charge in [0.05, 0.1) is 18.0 Å². The number of nitrogens with one attached hydrogen (secondary N) is 1. The van der Waals surface area contributed by atoms with Crippen LogP contribution in [0.3, 0.4) is 0 Å². The van der Waals surface area contributed by atoms with Crippen molar-refractivity contribution in [1.29, 1.82) is 0 Å². The number of likely N-dealkylation sites (tertiary alicyclic amines) is 2. The molecule has 8 nitrogen and oxygen atoms in total. The molecule has 2 aromatic carbocycles. The Morgan fingerprint density at radius 1 is 0.976 bits per heavy atom. The molecule has 4 bridgehead atoms. The first kappa shape index (κ1) is 27.6. The highest BCUT2D eigenvalue weighted by atomic mass is 79.9. The molecule has 8 rings (SSSR count). The number of benzene rings is 2. The maximum absolute atomic E-state index is 14.2. The zero-order valence-electron chi connectivity index (χ0n) is 23.5. The van der Waals surface area contributed by atoms with Gasteiger partial charge in [-0.05, 0) is 98.6 Å². The van der Waals surface area contributed by atoms with Gasteiger partial charge in [0, 0.05) is 23.0 Å². The first-order chi connectivity index (χ1) is 20.2. The summed E-state index contributed by atoms with van der Waals surface area (Å²) >= 11 is 3.40. The predicted octanol–water partition coefficient (Wildman–Crippen LogP) is 4.09. The second kappa shape index (κ2) is 10.5. The summed E-state index contributed by atoms with van der Waals surface area (Å²) in [5, 5.41) is 12.7. The van der Waals surface area contributed by atoms with Gasteiger partial charge in [-0.1, -0.05) is 34.1 Å². The van der Waals surface area contributed by atoms with E-state index in [1.165, 1.54) is 19.3 Å². The monoisotopic (exact) mass is 633 g/mol. The van der Waals surface area contributed by atoms with Gasteiger partial charge in [0.25, 0.3) is 5.91 Å². The molecule has 3 amide bonds. The lowest BCUT2D eigenvalue weighted by molar-refractivity contribution is -0.159. The summed E-state index contributed by atoms with van der Waals surface area (Å²) in [6, 6.07) is 11.6. The van der Waals surface area contributed by atoms with Gasteiger partial charge in [-0.15, -0.1) is 0 Å². The SMILES string of the molecule is O=C(NC(Cc1ccc(O)cc1)C(=O)N1CC[C@@H]2[C@H]1C(=O)CN2C(=O)C12CC3CC(CC(C3)C1)C2)c1cccc(Br)c1. The molecule has 1 unspecified atom stereocenters. The number of ketones is 1. The molecule has 0 spiro atoms. The molecule has 2 aromatic rings. The molecule has 6 fully saturated rings. The minimum atomic E-state index is -0.916. The summed E-state index contributed by atoms with van der Waals surface area (Å²) < 4.78 is 0.749. The van der Waals surface area contributed by atoms with Gasteiger partial charge in [-0.2, -0.15) is 0 Å². The van der Waals surface area contributed by atoms with Crippen LogP contribution in [0.1, 0.15) is 60.9 Å². The fourth-order valence-electron chi connectivity index (χ4n) is 9.16. The number of halogens is 1. The van der Waals surface area contributed by atoms with Crippen LogP contribution in [-0.2, 0) is 20.8 Å². The number of Topliss-reactive ketones (excluding diaryl/α,β-unsaturated/α-hetero) is 1. The Kier molecular flexibility index (Phi) is 6.91. The van der Waals surface area contributed by atoms with E-state index < -0.39 is 12.1 Å². The van der Waals surface area contributed by atoms with Crippen LogP contribution in [0.15, 0.2) is 53.0 Å². The minimum Gasteiger partial charge on any atom is -0.508 e. The highest BCUT2D eigenvalue weighted by Crippen LogP contribution is 2.61. The lowest BCUT2D eigenvalue weighted by Crippen LogP contribution is -2.56. The third-order valence-corrected chi connectivity index (χ3v) is 11.0. The van der Waals surface area contributed by atoms with Crippen LogP contribution in [0.4, 0.5) is 0 Å². The van der Waals surface area contributed by atoms with E-state index in [1.54, 1.807) is 47.4 Å². The van der Waals surface area contributed by atoms with Crippen LogP contribution < -0.4 is 5.32 Å². The number of carbonyl (C=O) groups is 4. The lowest BCUT2D eigenvalue weighted by atomic mass is 9.49. The van der Waals surface area contributed by atoms with Crippen molar-refractivity contribution >= 4 is 39.4 Å². The van der Waals surface area contributed by atoms with Gasteiger partial charge in [0.2, 0.25) is 11.8 Å². The van der Waals surface area contributed by atoms with Crippen molar-refractivity contribution in [2.75, 3.05) is 13.1 Å². The highest BCUT2D eigenvalue weighted by Gasteiger charge is 2.60. The van der Waals surface area contributed by atoms with E-state index >= 15 is 0 Å². The molecule has 4 saturated carbocycles. The topological polar surface area (TPSA) is 107 Å². The highest BCUT2D eigenvalue weighted by molar-refractivity contribution is 9.10. The van der Waals surface area contributed by atoms with Crippen LogP contribution >= 0.6 is 15.9 Å². The molecular weight excluding hydrogens is 598 g/mol. The van der Waals surface area contributed by atoms with Gasteiger partial charge in [0.1, 0.15) is 17.8 Å². The van der Waals surface area contributed by atoms with Crippen molar-refractivity contribution in [1.82, 2.24) is 15.1 Å². The molecule has 6 aliphatic rings. The third-order valence-electron chi connectivity index (χ3n) is 10.5. The largest absolute Gasteiger partial charge is 0.508 e. The Morgan fingerprint density at radius 3 is 2.29 bits per heavy atom. The summed E-state index contributed by atoms with van der Waals surface area (Å²) in [7, 11) is 0. The zero-order valence-corrected chi connectivity index (χ0v) is 25.1. The number of amides is 3. The van der Waals surface area contributed by atoms with Crippen molar-refractivity contribution in [3.63, 3.8) is 0 Å². The normalized spacial score (nSPS) is 31.7. The number of hydrogen-bond acceptors (Lipinski definition) is 5. The van der Waals surface area contributed by atoms with Crippen LogP contribution in [0.2, 0.25) is 0 Å². The number of aromatic hydroxyl groups is 1. The van der Waals surface area contributed by atoms with Crippen molar-refractivity contribution in [3.05, 3.63) is 64.1 Å². The smallest absolute Gasteiger partial charge is 0.251 e. The zero-order chi connectivity index (χ0) is 29.2. The van der Waals surface area contributed by atoms with E-state index in [9.17, 15) is 24.3 Å². The number of carbonyl (C=O) groups excluding carboxylic acids is 4. The number of rotatable bonds is 6. The van der Waals surface area contributed by atoms with Crippen molar-refractivity contribution < 1.29 is 24.3 Å². The molecule has 0 radical (unpaired) electrons. The van der Waals surface area contributed by atoms with Gasteiger partial charge < -0.3 is 20.2 Å².